The molecule has 78 valence electrons. The number of hydrogen-bond acceptors (Lipinski definition) is 2. The van der Waals surface area contributed by atoms with Crippen molar-refractivity contribution in [1.82, 2.24) is 0 Å². The second-order valence-corrected chi connectivity index (χ2v) is 4.32. The Bertz CT molecular complexity index is 372. The Morgan fingerprint density at radius 3 is 2.14 bits per heavy atom. The van der Waals surface area contributed by atoms with E-state index in [0.717, 1.165) is 11.1 Å². The van der Waals surface area contributed by atoms with Crippen molar-refractivity contribution < 1.29 is 4.42 Å². The summed E-state index contributed by atoms with van der Waals surface area (Å²) < 4.78 is 5.10. The molecule has 14 heavy (non-hydrogen) atoms. The van der Waals surface area contributed by atoms with E-state index < -0.39 is 0 Å². The van der Waals surface area contributed by atoms with E-state index in [-0.39, 0.29) is 11.5 Å². The fourth-order valence-corrected chi connectivity index (χ4v) is 1.69. The third-order valence-corrected chi connectivity index (χ3v) is 2.34. The van der Waals surface area contributed by atoms with Crippen molar-refractivity contribution in [2.75, 3.05) is 0 Å². The maximum Gasteiger partial charge on any atom is 0.339 e. The van der Waals surface area contributed by atoms with Gasteiger partial charge in [0.05, 0.1) is 0 Å². The van der Waals surface area contributed by atoms with Crippen molar-refractivity contribution in [3.8, 4) is 0 Å². The minimum atomic E-state index is -0.177. The van der Waals surface area contributed by atoms with Crippen molar-refractivity contribution in [1.29, 1.82) is 0 Å². The molecule has 1 rings (SSSR count). The first-order valence-corrected chi connectivity index (χ1v) is 5.08. The van der Waals surface area contributed by atoms with Crippen molar-refractivity contribution in [2.24, 2.45) is 0 Å². The Morgan fingerprint density at radius 2 is 1.71 bits per heavy atom. The van der Waals surface area contributed by atoms with Gasteiger partial charge in [-0.1, -0.05) is 27.7 Å². The molecule has 0 aliphatic carbocycles. The van der Waals surface area contributed by atoms with E-state index in [0.29, 0.717) is 11.7 Å². The molecule has 0 spiro atoms. The third kappa shape index (κ3) is 2.06. The summed E-state index contributed by atoms with van der Waals surface area (Å²) in [4.78, 5) is 11.6. The zero-order valence-corrected chi connectivity index (χ0v) is 9.55. The SMILES string of the molecule is Cc1cc(C(C)C)c(C(C)C)c(=O)o1. The van der Waals surface area contributed by atoms with Crippen LogP contribution in [-0.2, 0) is 0 Å². The largest absolute Gasteiger partial charge is 0.428 e. The Labute approximate surface area is 85.0 Å². The Morgan fingerprint density at radius 1 is 1.14 bits per heavy atom. The molecule has 0 bridgehead atoms. The van der Waals surface area contributed by atoms with Crippen LogP contribution in [0.3, 0.4) is 0 Å². The van der Waals surface area contributed by atoms with Crippen LogP contribution in [0.5, 0.6) is 0 Å². The van der Waals surface area contributed by atoms with Gasteiger partial charge < -0.3 is 4.42 Å². The number of aryl methyl sites for hydroxylation is 1. The van der Waals surface area contributed by atoms with Crippen LogP contribution in [0.4, 0.5) is 0 Å². The average Bonchev–Trinajstić information content (AvgIpc) is 2.01. The third-order valence-electron chi connectivity index (χ3n) is 2.34. The summed E-state index contributed by atoms with van der Waals surface area (Å²) in [7, 11) is 0. The standard InChI is InChI=1S/C12H18O2/c1-7(2)10-6-9(5)14-12(13)11(10)8(3)4/h6-8H,1-5H3. The average molecular weight is 194 g/mol. The summed E-state index contributed by atoms with van der Waals surface area (Å²) in [6, 6.07) is 1.97. The molecule has 1 heterocycles. The van der Waals surface area contributed by atoms with Crippen LogP contribution in [0.2, 0.25) is 0 Å². The van der Waals surface area contributed by atoms with Crippen LogP contribution in [0, 0.1) is 6.92 Å². The van der Waals surface area contributed by atoms with Crippen LogP contribution in [0.25, 0.3) is 0 Å². The van der Waals surface area contributed by atoms with E-state index in [4.69, 9.17) is 4.42 Å². The summed E-state index contributed by atoms with van der Waals surface area (Å²) in [5, 5.41) is 0. The quantitative estimate of drug-likeness (QED) is 0.723. The Hall–Kier alpha value is -1.05. The Kier molecular flexibility index (Phi) is 3.14. The van der Waals surface area contributed by atoms with E-state index in [1.165, 1.54) is 0 Å². The normalized spacial score (nSPS) is 11.4. The van der Waals surface area contributed by atoms with Gasteiger partial charge in [0.2, 0.25) is 0 Å². The van der Waals surface area contributed by atoms with E-state index >= 15 is 0 Å². The van der Waals surface area contributed by atoms with Gasteiger partial charge >= 0.3 is 5.63 Å². The lowest BCUT2D eigenvalue weighted by Crippen LogP contribution is -2.14. The van der Waals surface area contributed by atoms with Gasteiger partial charge in [-0.15, -0.1) is 0 Å². The first-order valence-electron chi connectivity index (χ1n) is 5.08. The summed E-state index contributed by atoms with van der Waals surface area (Å²) in [6.07, 6.45) is 0. The molecule has 1 aromatic heterocycles. The number of rotatable bonds is 2. The maximum atomic E-state index is 11.6. The molecule has 0 N–H and O–H groups in total. The highest BCUT2D eigenvalue weighted by molar-refractivity contribution is 5.29. The van der Waals surface area contributed by atoms with Gasteiger partial charge in [-0.2, -0.15) is 0 Å². The predicted octanol–water partition coefficient (Wildman–Crippen LogP) is 3.20. The van der Waals surface area contributed by atoms with Crippen LogP contribution in [-0.4, -0.2) is 0 Å². The lowest BCUT2D eigenvalue weighted by molar-refractivity contribution is 0.463. The molecule has 2 heteroatoms. The van der Waals surface area contributed by atoms with Crippen molar-refractivity contribution in [2.45, 2.75) is 46.5 Å². The van der Waals surface area contributed by atoms with Gasteiger partial charge in [-0.3, -0.25) is 0 Å². The zero-order valence-electron chi connectivity index (χ0n) is 9.55. The lowest BCUT2D eigenvalue weighted by atomic mass is 9.92. The van der Waals surface area contributed by atoms with Gasteiger partial charge in [-0.05, 0) is 30.4 Å². The highest BCUT2D eigenvalue weighted by Gasteiger charge is 2.15. The molecule has 0 atom stereocenters. The second kappa shape index (κ2) is 3.99. The Balaban J connectivity index is 3.45. The molecule has 0 saturated carbocycles. The van der Waals surface area contributed by atoms with Gasteiger partial charge in [0.15, 0.2) is 0 Å². The highest BCUT2D eigenvalue weighted by Crippen LogP contribution is 2.23. The fraction of sp³-hybridized carbons (Fsp3) is 0.583. The topological polar surface area (TPSA) is 30.2 Å². The smallest absolute Gasteiger partial charge is 0.339 e. The van der Waals surface area contributed by atoms with E-state index in [9.17, 15) is 4.79 Å². The first kappa shape index (κ1) is 11.0. The van der Waals surface area contributed by atoms with E-state index in [1.54, 1.807) is 0 Å². The summed E-state index contributed by atoms with van der Waals surface area (Å²) in [6.45, 7) is 10.1. The molecule has 0 aliphatic heterocycles. The molecule has 0 amide bonds. The molecule has 0 unspecified atom stereocenters. The van der Waals surface area contributed by atoms with E-state index in [1.807, 2.05) is 26.8 Å². The maximum absolute atomic E-state index is 11.6. The van der Waals surface area contributed by atoms with Gasteiger partial charge in [0, 0.05) is 5.56 Å². The predicted molar refractivity (Wildman–Crippen MR) is 57.9 cm³/mol. The molecule has 0 saturated heterocycles. The monoisotopic (exact) mass is 194 g/mol. The molecular weight excluding hydrogens is 176 g/mol. The van der Waals surface area contributed by atoms with Crippen LogP contribution < -0.4 is 5.63 Å². The fourth-order valence-electron chi connectivity index (χ4n) is 1.69. The van der Waals surface area contributed by atoms with Crippen molar-refractivity contribution >= 4 is 0 Å². The summed E-state index contributed by atoms with van der Waals surface area (Å²) in [5.74, 6) is 1.29. The highest BCUT2D eigenvalue weighted by atomic mass is 16.4. The van der Waals surface area contributed by atoms with Crippen LogP contribution >= 0.6 is 0 Å². The van der Waals surface area contributed by atoms with Crippen LogP contribution in [0.1, 0.15) is 56.4 Å². The molecule has 0 radical (unpaired) electrons. The van der Waals surface area contributed by atoms with Gasteiger partial charge in [-0.25, -0.2) is 4.79 Å². The van der Waals surface area contributed by atoms with Crippen LogP contribution in [0.15, 0.2) is 15.3 Å². The van der Waals surface area contributed by atoms with Gasteiger partial charge in [0.1, 0.15) is 5.76 Å². The molecule has 2 nitrogen and oxygen atoms in total. The second-order valence-electron chi connectivity index (χ2n) is 4.32. The van der Waals surface area contributed by atoms with E-state index in [2.05, 4.69) is 13.8 Å². The summed E-state index contributed by atoms with van der Waals surface area (Å²) >= 11 is 0. The minimum Gasteiger partial charge on any atom is -0.428 e. The summed E-state index contributed by atoms with van der Waals surface area (Å²) in [5.41, 5.74) is 1.77. The molecule has 0 aliphatic rings. The van der Waals surface area contributed by atoms with Gasteiger partial charge in [0.25, 0.3) is 0 Å². The molecular formula is C12H18O2. The molecule has 0 aromatic carbocycles. The van der Waals surface area contributed by atoms with Crippen molar-refractivity contribution in [3.63, 3.8) is 0 Å². The number of hydrogen-bond donors (Lipinski definition) is 0. The lowest BCUT2D eigenvalue weighted by Gasteiger charge is -2.14. The molecule has 0 fully saturated rings. The minimum absolute atomic E-state index is 0.177. The zero-order chi connectivity index (χ0) is 10.9. The molecule has 1 aromatic rings. The van der Waals surface area contributed by atoms with Crippen molar-refractivity contribution in [3.05, 3.63) is 33.4 Å². The first-order chi connectivity index (χ1) is 6.43.